The van der Waals surface area contributed by atoms with E-state index in [1.54, 1.807) is 6.20 Å². The van der Waals surface area contributed by atoms with E-state index in [0.29, 0.717) is 36.8 Å². The van der Waals surface area contributed by atoms with Gasteiger partial charge in [-0.1, -0.05) is 17.7 Å². The Balaban J connectivity index is 1.58. The molecule has 0 radical (unpaired) electrons. The standard InChI is InChI=1S/C26H33ClF2N4O/c1-16-12-31(13-17(2)33(16)24-9-6-18(27)11-30-24)25(34)22-15-32(26(3,4)5)14-21(22)20-8-7-19(28)10-23(20)29/h6-11,16-17,21-22H,12-15H2,1-5H3/t16-,17+,21-,22+/m0/s1. The van der Waals surface area contributed by atoms with E-state index >= 15 is 0 Å². The van der Waals surface area contributed by atoms with Crippen LogP contribution in [0.15, 0.2) is 36.5 Å². The molecule has 2 aliphatic heterocycles. The average Bonchev–Trinajstić information content (AvgIpc) is 3.19. The Morgan fingerprint density at radius 2 is 1.71 bits per heavy atom. The van der Waals surface area contributed by atoms with E-state index in [2.05, 4.69) is 49.4 Å². The summed E-state index contributed by atoms with van der Waals surface area (Å²) in [6.07, 6.45) is 1.63. The highest BCUT2D eigenvalue weighted by atomic mass is 35.5. The van der Waals surface area contributed by atoms with E-state index in [0.717, 1.165) is 11.9 Å². The predicted octanol–water partition coefficient (Wildman–Crippen LogP) is 4.95. The van der Waals surface area contributed by atoms with Crippen molar-refractivity contribution < 1.29 is 13.6 Å². The number of carbonyl (C=O) groups excluding carboxylic acids is 1. The van der Waals surface area contributed by atoms with Crippen LogP contribution in [0.4, 0.5) is 14.6 Å². The molecule has 184 valence electrons. The first-order valence-corrected chi connectivity index (χ1v) is 12.2. The van der Waals surface area contributed by atoms with E-state index in [-0.39, 0.29) is 29.4 Å². The zero-order valence-electron chi connectivity index (χ0n) is 20.4. The Bertz CT molecular complexity index is 1030. The minimum absolute atomic E-state index is 0.0305. The van der Waals surface area contributed by atoms with Gasteiger partial charge < -0.3 is 9.80 Å². The molecule has 4 rings (SSSR count). The molecule has 1 aromatic carbocycles. The molecular formula is C26H33ClF2N4O. The van der Waals surface area contributed by atoms with Crippen molar-refractivity contribution >= 4 is 23.3 Å². The summed E-state index contributed by atoms with van der Waals surface area (Å²) in [4.78, 5) is 24.7. The Kier molecular flexibility index (Phi) is 6.89. The van der Waals surface area contributed by atoms with Crippen LogP contribution in [-0.2, 0) is 4.79 Å². The number of anilines is 1. The van der Waals surface area contributed by atoms with Crippen molar-refractivity contribution in [2.45, 2.75) is 58.2 Å². The summed E-state index contributed by atoms with van der Waals surface area (Å²) < 4.78 is 28.4. The summed E-state index contributed by atoms with van der Waals surface area (Å²) >= 11 is 6.00. The zero-order valence-corrected chi connectivity index (χ0v) is 21.2. The SMILES string of the molecule is C[C@@H]1CN(C(=O)[C@@H]2CN(C(C)(C)C)C[C@H]2c2ccc(F)cc2F)C[C@H](C)N1c1ccc(Cl)cn1. The molecule has 3 heterocycles. The number of hydrogen-bond donors (Lipinski definition) is 0. The third kappa shape index (κ3) is 4.91. The summed E-state index contributed by atoms with van der Waals surface area (Å²) in [7, 11) is 0. The lowest BCUT2D eigenvalue weighted by Crippen LogP contribution is -2.59. The highest BCUT2D eigenvalue weighted by Gasteiger charge is 2.45. The maximum absolute atomic E-state index is 14.8. The normalized spacial score (nSPS) is 26.2. The van der Waals surface area contributed by atoms with Crippen molar-refractivity contribution in [3.8, 4) is 0 Å². The third-order valence-corrected chi connectivity index (χ3v) is 7.38. The molecule has 2 saturated heterocycles. The van der Waals surface area contributed by atoms with Crippen LogP contribution in [0.5, 0.6) is 0 Å². The third-order valence-electron chi connectivity index (χ3n) is 7.15. The lowest BCUT2D eigenvalue weighted by Gasteiger charge is -2.46. The van der Waals surface area contributed by atoms with Crippen molar-refractivity contribution in [1.82, 2.24) is 14.8 Å². The number of hydrogen-bond acceptors (Lipinski definition) is 4. The number of aromatic nitrogens is 1. The molecule has 5 nitrogen and oxygen atoms in total. The van der Waals surface area contributed by atoms with Crippen molar-refractivity contribution in [1.29, 1.82) is 0 Å². The second-order valence-electron chi connectivity index (χ2n) is 10.6. The number of halogens is 3. The monoisotopic (exact) mass is 490 g/mol. The van der Waals surface area contributed by atoms with Crippen LogP contribution in [0.3, 0.4) is 0 Å². The summed E-state index contributed by atoms with van der Waals surface area (Å²) in [5.41, 5.74) is 0.250. The second-order valence-corrected chi connectivity index (χ2v) is 11.1. The van der Waals surface area contributed by atoms with E-state index in [4.69, 9.17) is 11.6 Å². The van der Waals surface area contributed by atoms with Crippen molar-refractivity contribution in [2.24, 2.45) is 5.92 Å². The van der Waals surface area contributed by atoms with E-state index in [9.17, 15) is 13.6 Å². The molecule has 0 N–H and O–H groups in total. The molecule has 1 aromatic heterocycles. The van der Waals surface area contributed by atoms with Crippen LogP contribution in [-0.4, -0.2) is 64.5 Å². The Labute approximate surface area is 205 Å². The lowest BCUT2D eigenvalue weighted by molar-refractivity contribution is -0.137. The van der Waals surface area contributed by atoms with Gasteiger partial charge in [-0.05, 0) is 58.4 Å². The fraction of sp³-hybridized carbons (Fsp3) is 0.538. The first kappa shape index (κ1) is 24.9. The van der Waals surface area contributed by atoms with Crippen LogP contribution in [0.1, 0.15) is 46.1 Å². The number of likely N-dealkylation sites (tertiary alicyclic amines) is 1. The summed E-state index contributed by atoms with van der Waals surface area (Å²) in [5, 5.41) is 0.585. The fourth-order valence-electron chi connectivity index (χ4n) is 5.43. The van der Waals surface area contributed by atoms with Crippen molar-refractivity contribution in [3.05, 3.63) is 58.7 Å². The van der Waals surface area contributed by atoms with Gasteiger partial charge in [-0.3, -0.25) is 9.69 Å². The highest BCUT2D eigenvalue weighted by Crippen LogP contribution is 2.39. The molecule has 0 saturated carbocycles. The average molecular weight is 491 g/mol. The van der Waals surface area contributed by atoms with E-state index < -0.39 is 17.6 Å². The minimum Gasteiger partial charge on any atom is -0.348 e. The van der Waals surface area contributed by atoms with Gasteiger partial charge in [0.25, 0.3) is 0 Å². The number of nitrogens with zero attached hydrogens (tertiary/aromatic N) is 4. The Hall–Kier alpha value is -2.25. The molecule has 2 aromatic rings. The largest absolute Gasteiger partial charge is 0.348 e. The van der Waals surface area contributed by atoms with Crippen LogP contribution < -0.4 is 4.90 Å². The molecule has 0 aliphatic carbocycles. The highest BCUT2D eigenvalue weighted by molar-refractivity contribution is 6.30. The van der Waals surface area contributed by atoms with Crippen molar-refractivity contribution in [3.63, 3.8) is 0 Å². The maximum atomic E-state index is 14.8. The molecule has 0 spiro atoms. The molecule has 34 heavy (non-hydrogen) atoms. The van der Waals surface area contributed by atoms with Gasteiger partial charge in [0.1, 0.15) is 17.5 Å². The van der Waals surface area contributed by atoms with Crippen LogP contribution in [0.25, 0.3) is 0 Å². The van der Waals surface area contributed by atoms with Crippen LogP contribution >= 0.6 is 11.6 Å². The van der Waals surface area contributed by atoms with Gasteiger partial charge in [0.05, 0.1) is 10.9 Å². The number of piperazine rings is 1. The minimum atomic E-state index is -0.607. The molecule has 0 unspecified atom stereocenters. The molecular weight excluding hydrogens is 458 g/mol. The molecule has 4 atom stereocenters. The predicted molar refractivity (Wildman–Crippen MR) is 131 cm³/mol. The van der Waals surface area contributed by atoms with Gasteiger partial charge in [0.2, 0.25) is 5.91 Å². The quantitative estimate of drug-likeness (QED) is 0.610. The first-order chi connectivity index (χ1) is 16.0. The number of carbonyl (C=O) groups is 1. The number of amides is 1. The van der Waals surface area contributed by atoms with E-state index in [1.807, 2.05) is 17.0 Å². The maximum Gasteiger partial charge on any atom is 0.227 e. The van der Waals surface area contributed by atoms with E-state index in [1.165, 1.54) is 12.1 Å². The number of benzene rings is 1. The first-order valence-electron chi connectivity index (χ1n) is 11.8. The zero-order chi connectivity index (χ0) is 24.8. The number of pyridine rings is 1. The van der Waals surface area contributed by atoms with Gasteiger partial charge in [-0.25, -0.2) is 13.8 Å². The molecule has 0 bridgehead atoms. The molecule has 2 aliphatic rings. The van der Waals surface area contributed by atoms with Crippen LogP contribution in [0.2, 0.25) is 5.02 Å². The van der Waals surface area contributed by atoms with Gasteiger partial charge >= 0.3 is 0 Å². The molecule has 8 heteroatoms. The van der Waals surface area contributed by atoms with Gasteiger partial charge in [-0.15, -0.1) is 0 Å². The molecule has 1 amide bonds. The van der Waals surface area contributed by atoms with Gasteiger partial charge in [0.15, 0.2) is 0 Å². The Morgan fingerprint density at radius 1 is 1.03 bits per heavy atom. The topological polar surface area (TPSA) is 39.7 Å². The van der Waals surface area contributed by atoms with Crippen LogP contribution in [0, 0.1) is 17.6 Å². The molecule has 2 fully saturated rings. The number of rotatable bonds is 3. The van der Waals surface area contributed by atoms with Gasteiger partial charge in [0, 0.05) is 62.0 Å². The summed E-state index contributed by atoms with van der Waals surface area (Å²) in [5.74, 6) is -1.04. The van der Waals surface area contributed by atoms with Crippen molar-refractivity contribution in [2.75, 3.05) is 31.1 Å². The summed E-state index contributed by atoms with van der Waals surface area (Å²) in [6, 6.07) is 7.53. The second kappa shape index (κ2) is 9.42. The van der Waals surface area contributed by atoms with Gasteiger partial charge in [-0.2, -0.15) is 0 Å². The Morgan fingerprint density at radius 3 is 2.26 bits per heavy atom. The lowest BCUT2D eigenvalue weighted by atomic mass is 9.87. The fourth-order valence-corrected chi connectivity index (χ4v) is 5.54. The summed E-state index contributed by atoms with van der Waals surface area (Å²) in [6.45, 7) is 12.7. The smallest absolute Gasteiger partial charge is 0.227 e.